The first-order chi connectivity index (χ1) is 18.1. The molecule has 3 heterocycles. The van der Waals surface area contributed by atoms with Crippen LogP contribution in [0.3, 0.4) is 0 Å². The number of carbonyl (C=O) groups excluding carboxylic acids is 1. The third kappa shape index (κ3) is 6.52. The fourth-order valence-corrected chi connectivity index (χ4v) is 4.75. The van der Waals surface area contributed by atoms with Gasteiger partial charge in [0.25, 0.3) is 0 Å². The lowest BCUT2D eigenvalue weighted by molar-refractivity contribution is -0.119. The van der Waals surface area contributed by atoms with E-state index in [1.165, 1.54) is 0 Å². The molecule has 2 aromatic carbocycles. The van der Waals surface area contributed by atoms with E-state index in [0.29, 0.717) is 42.2 Å². The van der Waals surface area contributed by atoms with Crippen molar-refractivity contribution in [3.63, 3.8) is 0 Å². The monoisotopic (exact) mass is 506 g/mol. The SMILES string of the molecule is CC.Cc1c(COc2cccc(OCC3CCOCC3)c2)[nH]c2ccc(N3CCCCC3=O)cc2c1=O. The van der Waals surface area contributed by atoms with Crippen LogP contribution >= 0.6 is 0 Å². The molecule has 5 rings (SSSR count). The van der Waals surface area contributed by atoms with Crippen molar-refractivity contribution in [1.82, 2.24) is 4.98 Å². The molecule has 3 aromatic rings. The smallest absolute Gasteiger partial charge is 0.226 e. The molecule has 0 unspecified atom stereocenters. The highest BCUT2D eigenvalue weighted by atomic mass is 16.5. The Balaban J connectivity index is 0.00000156. The second-order valence-corrected chi connectivity index (χ2v) is 9.42. The van der Waals surface area contributed by atoms with E-state index in [-0.39, 0.29) is 17.9 Å². The van der Waals surface area contributed by atoms with Gasteiger partial charge < -0.3 is 24.1 Å². The second kappa shape index (κ2) is 12.8. The number of hydrogen-bond acceptors (Lipinski definition) is 5. The number of pyridine rings is 1. The van der Waals surface area contributed by atoms with Gasteiger partial charge in [0, 0.05) is 54.4 Å². The van der Waals surface area contributed by atoms with Gasteiger partial charge in [-0.3, -0.25) is 9.59 Å². The Labute approximate surface area is 218 Å². The van der Waals surface area contributed by atoms with Gasteiger partial charge in [0.1, 0.15) is 18.1 Å². The quantitative estimate of drug-likeness (QED) is 0.440. The van der Waals surface area contributed by atoms with Gasteiger partial charge in [0.15, 0.2) is 5.43 Å². The number of nitrogens with one attached hydrogen (secondary N) is 1. The van der Waals surface area contributed by atoms with Crippen LogP contribution < -0.4 is 19.8 Å². The molecule has 0 saturated carbocycles. The molecule has 1 aromatic heterocycles. The first kappa shape index (κ1) is 26.7. The zero-order valence-electron chi connectivity index (χ0n) is 22.2. The summed E-state index contributed by atoms with van der Waals surface area (Å²) in [5, 5.41) is 0.589. The normalized spacial score (nSPS) is 16.3. The lowest BCUT2D eigenvalue weighted by atomic mass is 10.0. The molecule has 37 heavy (non-hydrogen) atoms. The molecular formula is C30H38N2O5. The minimum Gasteiger partial charge on any atom is -0.493 e. The van der Waals surface area contributed by atoms with E-state index >= 15 is 0 Å². The number of aromatic nitrogens is 1. The predicted octanol–water partition coefficient (Wildman–Crippen LogP) is 5.76. The van der Waals surface area contributed by atoms with Crippen molar-refractivity contribution in [2.75, 3.05) is 31.3 Å². The molecule has 1 N–H and O–H groups in total. The van der Waals surface area contributed by atoms with Gasteiger partial charge in [-0.15, -0.1) is 0 Å². The van der Waals surface area contributed by atoms with Crippen molar-refractivity contribution in [3.05, 3.63) is 63.9 Å². The van der Waals surface area contributed by atoms with Crippen LogP contribution in [-0.4, -0.2) is 37.3 Å². The molecule has 2 saturated heterocycles. The summed E-state index contributed by atoms with van der Waals surface area (Å²) >= 11 is 0. The zero-order chi connectivity index (χ0) is 26.2. The average molecular weight is 507 g/mol. The zero-order valence-corrected chi connectivity index (χ0v) is 22.2. The summed E-state index contributed by atoms with van der Waals surface area (Å²) in [4.78, 5) is 30.6. The Morgan fingerprint density at radius 2 is 1.76 bits per heavy atom. The summed E-state index contributed by atoms with van der Waals surface area (Å²) in [5.74, 6) is 2.10. The van der Waals surface area contributed by atoms with Crippen LogP contribution in [0.5, 0.6) is 11.5 Å². The number of hydrogen-bond donors (Lipinski definition) is 1. The number of anilines is 1. The van der Waals surface area contributed by atoms with E-state index < -0.39 is 0 Å². The lowest BCUT2D eigenvalue weighted by Gasteiger charge is -2.27. The van der Waals surface area contributed by atoms with E-state index in [0.717, 1.165) is 61.5 Å². The molecule has 0 radical (unpaired) electrons. The number of nitrogens with zero attached hydrogens (tertiary/aromatic N) is 1. The third-order valence-electron chi connectivity index (χ3n) is 6.98. The first-order valence-corrected chi connectivity index (χ1v) is 13.5. The molecule has 0 spiro atoms. The van der Waals surface area contributed by atoms with Crippen LogP contribution in [0.4, 0.5) is 5.69 Å². The molecule has 2 aliphatic rings. The van der Waals surface area contributed by atoms with Crippen LogP contribution in [0.25, 0.3) is 10.9 Å². The molecule has 2 aliphatic heterocycles. The van der Waals surface area contributed by atoms with Crippen LogP contribution in [0.2, 0.25) is 0 Å². The molecule has 1 amide bonds. The fraction of sp³-hybridized carbons (Fsp3) is 0.467. The second-order valence-electron chi connectivity index (χ2n) is 9.42. The highest BCUT2D eigenvalue weighted by Crippen LogP contribution is 2.26. The van der Waals surface area contributed by atoms with Crippen LogP contribution in [0.15, 0.2) is 47.3 Å². The maximum Gasteiger partial charge on any atom is 0.226 e. The van der Waals surface area contributed by atoms with Gasteiger partial charge in [-0.05, 0) is 68.9 Å². The summed E-state index contributed by atoms with van der Waals surface area (Å²) in [7, 11) is 0. The maximum atomic E-state index is 13.2. The van der Waals surface area contributed by atoms with Crippen molar-refractivity contribution < 1.29 is 19.0 Å². The average Bonchev–Trinajstić information content (AvgIpc) is 2.95. The first-order valence-electron chi connectivity index (χ1n) is 13.5. The highest BCUT2D eigenvalue weighted by Gasteiger charge is 2.20. The number of H-pyrrole nitrogens is 1. The predicted molar refractivity (Wildman–Crippen MR) is 147 cm³/mol. The molecule has 0 atom stereocenters. The largest absolute Gasteiger partial charge is 0.493 e. The van der Waals surface area contributed by atoms with E-state index in [1.54, 1.807) is 4.90 Å². The number of piperidine rings is 1. The summed E-state index contributed by atoms with van der Waals surface area (Å²) in [6.45, 7) is 9.03. The van der Waals surface area contributed by atoms with Gasteiger partial charge in [-0.2, -0.15) is 0 Å². The number of ether oxygens (including phenoxy) is 3. The van der Waals surface area contributed by atoms with Crippen LogP contribution in [0.1, 0.15) is 57.2 Å². The van der Waals surface area contributed by atoms with Crippen molar-refractivity contribution in [2.45, 2.75) is 59.5 Å². The number of aromatic amines is 1. The van der Waals surface area contributed by atoms with E-state index in [2.05, 4.69) is 4.98 Å². The Hall–Kier alpha value is -3.32. The molecule has 0 bridgehead atoms. The number of rotatable bonds is 7. The van der Waals surface area contributed by atoms with Gasteiger partial charge >= 0.3 is 0 Å². The molecule has 7 nitrogen and oxygen atoms in total. The highest BCUT2D eigenvalue weighted by molar-refractivity contribution is 5.96. The van der Waals surface area contributed by atoms with Crippen molar-refractivity contribution in [2.24, 2.45) is 5.92 Å². The van der Waals surface area contributed by atoms with Gasteiger partial charge in [0.2, 0.25) is 5.91 Å². The number of benzene rings is 2. The minimum absolute atomic E-state index is 0.0443. The summed E-state index contributed by atoms with van der Waals surface area (Å²) in [6, 6.07) is 13.2. The lowest BCUT2D eigenvalue weighted by Crippen LogP contribution is -2.35. The maximum absolute atomic E-state index is 13.2. The standard InChI is InChI=1S/C28H32N2O5.C2H6/c1-19-26(18-35-23-6-4-5-22(16-23)34-17-20-10-13-33-14-11-20)29-25-9-8-21(15-24(25)28(19)32)30-12-3-2-7-27(30)31;1-2/h4-6,8-9,15-16,20H,2-3,7,10-14,17-18H2,1H3,(H,29,32);1-2H3. The van der Waals surface area contributed by atoms with Crippen molar-refractivity contribution >= 4 is 22.5 Å². The molecule has 2 fully saturated rings. The summed E-state index contributed by atoms with van der Waals surface area (Å²) in [6.07, 6.45) is 4.53. The Kier molecular flexibility index (Phi) is 9.23. The van der Waals surface area contributed by atoms with Crippen molar-refractivity contribution in [3.8, 4) is 11.5 Å². The Bertz CT molecular complexity index is 1260. The third-order valence-corrected chi connectivity index (χ3v) is 6.98. The van der Waals surface area contributed by atoms with E-state index in [4.69, 9.17) is 14.2 Å². The van der Waals surface area contributed by atoms with E-state index in [9.17, 15) is 9.59 Å². The molecule has 0 aliphatic carbocycles. The summed E-state index contributed by atoms with van der Waals surface area (Å²) in [5.41, 5.74) is 2.83. The number of carbonyl (C=O) groups is 1. The molecule has 7 heteroatoms. The Morgan fingerprint density at radius 1 is 1.00 bits per heavy atom. The van der Waals surface area contributed by atoms with Gasteiger partial charge in [0.05, 0.1) is 12.3 Å². The summed E-state index contributed by atoms with van der Waals surface area (Å²) < 4.78 is 17.4. The Morgan fingerprint density at radius 3 is 2.51 bits per heavy atom. The van der Waals surface area contributed by atoms with Gasteiger partial charge in [-0.25, -0.2) is 0 Å². The minimum atomic E-state index is -0.0443. The fourth-order valence-electron chi connectivity index (χ4n) is 4.75. The molecule has 198 valence electrons. The molecular weight excluding hydrogens is 468 g/mol. The van der Waals surface area contributed by atoms with Crippen LogP contribution in [0, 0.1) is 12.8 Å². The van der Waals surface area contributed by atoms with E-state index in [1.807, 2.05) is 63.2 Å². The topological polar surface area (TPSA) is 80.9 Å². The number of amides is 1. The number of fused-ring (bicyclic) bond motifs is 1. The van der Waals surface area contributed by atoms with Gasteiger partial charge in [-0.1, -0.05) is 19.9 Å². The van der Waals surface area contributed by atoms with Crippen molar-refractivity contribution in [1.29, 1.82) is 0 Å². The van der Waals surface area contributed by atoms with Crippen LogP contribution in [-0.2, 0) is 16.1 Å².